The van der Waals surface area contributed by atoms with Crippen molar-refractivity contribution in [2.45, 2.75) is 6.55 Å². The summed E-state index contributed by atoms with van der Waals surface area (Å²) in [5, 5.41) is 0. The van der Waals surface area contributed by atoms with Crippen LogP contribution in [0.25, 0.3) is 6.08 Å². The first kappa shape index (κ1) is 12.1. The van der Waals surface area contributed by atoms with Crippen molar-refractivity contribution in [1.29, 1.82) is 0 Å². The fraction of sp³-hybridized carbons (Fsp3) is 0.200. The van der Waals surface area contributed by atoms with Gasteiger partial charge in [0.2, 0.25) is 0 Å². The average Bonchev–Trinajstić information content (AvgIpc) is 2.28. The zero-order valence-corrected chi connectivity index (χ0v) is 8.44. The SMILES string of the molecule is C=Cc1cc(C(=O)OC)c(=O)n(C(F)F)c1. The number of ether oxygens (including phenoxy) is 1. The summed E-state index contributed by atoms with van der Waals surface area (Å²) in [6.45, 7) is 0.357. The number of carbonyl (C=O) groups excluding carboxylic acids is 1. The van der Waals surface area contributed by atoms with Crippen LogP contribution in [0.1, 0.15) is 22.5 Å². The Hall–Kier alpha value is -1.98. The third kappa shape index (κ3) is 2.16. The topological polar surface area (TPSA) is 48.3 Å². The van der Waals surface area contributed by atoms with Crippen molar-refractivity contribution in [3.8, 4) is 0 Å². The minimum Gasteiger partial charge on any atom is -0.465 e. The molecule has 0 aliphatic carbocycles. The second kappa shape index (κ2) is 4.69. The van der Waals surface area contributed by atoms with Crippen molar-refractivity contribution in [2.24, 2.45) is 0 Å². The summed E-state index contributed by atoms with van der Waals surface area (Å²) in [6.07, 6.45) is 2.18. The van der Waals surface area contributed by atoms with Crippen LogP contribution in [0.15, 0.2) is 23.6 Å². The lowest BCUT2D eigenvalue weighted by atomic mass is 10.2. The fourth-order valence-electron chi connectivity index (χ4n) is 1.14. The number of esters is 1. The molecule has 0 atom stereocenters. The lowest BCUT2D eigenvalue weighted by molar-refractivity contribution is 0.0572. The largest absolute Gasteiger partial charge is 0.465 e. The van der Waals surface area contributed by atoms with Crippen LogP contribution < -0.4 is 5.56 Å². The predicted molar refractivity (Wildman–Crippen MR) is 53.4 cm³/mol. The molecule has 0 spiro atoms. The molecule has 1 heterocycles. The first-order chi connectivity index (χ1) is 7.51. The maximum Gasteiger partial charge on any atom is 0.343 e. The normalized spacial score (nSPS) is 10.2. The van der Waals surface area contributed by atoms with Crippen molar-refractivity contribution in [1.82, 2.24) is 4.57 Å². The summed E-state index contributed by atoms with van der Waals surface area (Å²) in [5.41, 5.74) is -1.30. The van der Waals surface area contributed by atoms with Crippen molar-refractivity contribution >= 4 is 12.0 Å². The van der Waals surface area contributed by atoms with E-state index in [4.69, 9.17) is 0 Å². The highest BCUT2D eigenvalue weighted by atomic mass is 19.3. The highest BCUT2D eigenvalue weighted by molar-refractivity contribution is 5.89. The van der Waals surface area contributed by atoms with Crippen LogP contribution in [0.4, 0.5) is 8.78 Å². The first-order valence-electron chi connectivity index (χ1n) is 4.26. The Morgan fingerprint density at radius 1 is 1.62 bits per heavy atom. The van der Waals surface area contributed by atoms with E-state index >= 15 is 0 Å². The molecule has 1 aromatic heterocycles. The minimum atomic E-state index is -3.02. The third-order valence-electron chi connectivity index (χ3n) is 1.92. The summed E-state index contributed by atoms with van der Waals surface area (Å²) < 4.78 is 29.4. The number of hydrogen-bond donors (Lipinski definition) is 0. The van der Waals surface area contributed by atoms with Crippen molar-refractivity contribution in [3.05, 3.63) is 40.3 Å². The molecule has 0 N–H and O–H groups in total. The number of pyridine rings is 1. The molecule has 0 aromatic carbocycles. The van der Waals surface area contributed by atoms with Gasteiger partial charge in [0.25, 0.3) is 5.56 Å². The van der Waals surface area contributed by atoms with Gasteiger partial charge in [0.05, 0.1) is 7.11 Å². The zero-order chi connectivity index (χ0) is 12.3. The summed E-state index contributed by atoms with van der Waals surface area (Å²) in [5.74, 6) is -0.955. The summed E-state index contributed by atoms with van der Waals surface area (Å²) in [4.78, 5) is 22.6. The average molecular weight is 229 g/mol. The molecule has 0 radical (unpaired) electrons. The van der Waals surface area contributed by atoms with Gasteiger partial charge >= 0.3 is 12.5 Å². The van der Waals surface area contributed by atoms with Crippen LogP contribution in [0.2, 0.25) is 0 Å². The monoisotopic (exact) mass is 229 g/mol. The molecule has 0 unspecified atom stereocenters. The number of hydrogen-bond acceptors (Lipinski definition) is 3. The Balaban J connectivity index is 3.49. The van der Waals surface area contributed by atoms with Gasteiger partial charge in [-0.05, 0) is 11.6 Å². The van der Waals surface area contributed by atoms with Gasteiger partial charge in [-0.25, -0.2) is 4.79 Å². The van der Waals surface area contributed by atoms with Crippen molar-refractivity contribution in [3.63, 3.8) is 0 Å². The Kier molecular flexibility index (Phi) is 3.55. The molecule has 0 saturated carbocycles. The van der Waals surface area contributed by atoms with E-state index < -0.39 is 23.6 Å². The number of halogens is 2. The third-order valence-corrected chi connectivity index (χ3v) is 1.92. The highest BCUT2D eigenvalue weighted by Gasteiger charge is 2.17. The number of aromatic nitrogens is 1. The lowest BCUT2D eigenvalue weighted by Crippen LogP contribution is -2.27. The lowest BCUT2D eigenvalue weighted by Gasteiger charge is -2.07. The van der Waals surface area contributed by atoms with Crippen LogP contribution >= 0.6 is 0 Å². The van der Waals surface area contributed by atoms with Gasteiger partial charge in [-0.2, -0.15) is 8.78 Å². The molecule has 0 fully saturated rings. The van der Waals surface area contributed by atoms with Gasteiger partial charge in [-0.15, -0.1) is 0 Å². The van der Waals surface area contributed by atoms with Crippen molar-refractivity contribution in [2.75, 3.05) is 7.11 Å². The smallest absolute Gasteiger partial charge is 0.343 e. The summed E-state index contributed by atoms with van der Waals surface area (Å²) >= 11 is 0. The second-order valence-electron chi connectivity index (χ2n) is 2.87. The van der Waals surface area contributed by atoms with Gasteiger partial charge in [0.1, 0.15) is 5.56 Å². The van der Waals surface area contributed by atoms with E-state index in [1.165, 1.54) is 6.08 Å². The Bertz CT molecular complexity index is 479. The van der Waals surface area contributed by atoms with Gasteiger partial charge in [0, 0.05) is 6.20 Å². The summed E-state index contributed by atoms with van der Waals surface area (Å²) in [6, 6.07) is 1.15. The van der Waals surface area contributed by atoms with E-state index in [2.05, 4.69) is 11.3 Å². The van der Waals surface area contributed by atoms with E-state index in [-0.39, 0.29) is 10.1 Å². The van der Waals surface area contributed by atoms with Gasteiger partial charge in [-0.1, -0.05) is 12.7 Å². The maximum absolute atomic E-state index is 12.5. The number of rotatable bonds is 3. The zero-order valence-electron chi connectivity index (χ0n) is 8.44. The van der Waals surface area contributed by atoms with Crippen LogP contribution in [0.3, 0.4) is 0 Å². The molecule has 86 valence electrons. The highest BCUT2D eigenvalue weighted by Crippen LogP contribution is 2.11. The molecule has 4 nitrogen and oxygen atoms in total. The standard InChI is InChI=1S/C10H9F2NO3/c1-3-6-4-7(9(15)16-2)8(14)13(5-6)10(11)12/h3-5,10H,1H2,2H3. The van der Waals surface area contributed by atoms with E-state index in [1.807, 2.05) is 0 Å². The van der Waals surface area contributed by atoms with Crippen LogP contribution in [-0.4, -0.2) is 17.6 Å². The van der Waals surface area contributed by atoms with E-state index in [1.54, 1.807) is 0 Å². The second-order valence-corrected chi connectivity index (χ2v) is 2.87. The molecular weight excluding hydrogens is 220 g/mol. The molecule has 0 aliphatic rings. The number of nitrogens with zero attached hydrogens (tertiary/aromatic N) is 1. The molecule has 0 saturated heterocycles. The van der Waals surface area contributed by atoms with E-state index in [0.717, 1.165) is 19.4 Å². The number of carbonyl (C=O) groups is 1. The summed E-state index contributed by atoms with van der Waals surface area (Å²) in [7, 11) is 1.06. The van der Waals surface area contributed by atoms with Crippen LogP contribution in [0, 0.1) is 0 Å². The Morgan fingerprint density at radius 2 is 2.25 bits per heavy atom. The molecular formula is C10H9F2NO3. The maximum atomic E-state index is 12.5. The number of alkyl halides is 2. The molecule has 16 heavy (non-hydrogen) atoms. The minimum absolute atomic E-state index is 0.156. The van der Waals surface area contributed by atoms with Crippen LogP contribution in [0.5, 0.6) is 0 Å². The molecule has 1 aromatic rings. The van der Waals surface area contributed by atoms with Gasteiger partial charge in [0.15, 0.2) is 0 Å². The number of methoxy groups -OCH3 is 1. The molecule has 6 heteroatoms. The first-order valence-corrected chi connectivity index (χ1v) is 4.26. The fourth-order valence-corrected chi connectivity index (χ4v) is 1.14. The van der Waals surface area contributed by atoms with E-state index in [0.29, 0.717) is 0 Å². The van der Waals surface area contributed by atoms with Gasteiger partial charge in [-0.3, -0.25) is 9.36 Å². The quantitative estimate of drug-likeness (QED) is 0.741. The molecule has 1 rings (SSSR count). The Labute approximate surface area is 89.8 Å². The predicted octanol–water partition coefficient (Wildman–Crippen LogP) is 1.67. The Morgan fingerprint density at radius 3 is 2.69 bits per heavy atom. The molecule has 0 bridgehead atoms. The molecule has 0 aliphatic heterocycles. The van der Waals surface area contributed by atoms with Crippen molar-refractivity contribution < 1.29 is 18.3 Å². The van der Waals surface area contributed by atoms with E-state index in [9.17, 15) is 18.4 Å². The van der Waals surface area contributed by atoms with Crippen LogP contribution in [-0.2, 0) is 4.74 Å². The molecule has 0 amide bonds. The van der Waals surface area contributed by atoms with Gasteiger partial charge < -0.3 is 4.74 Å².